The van der Waals surface area contributed by atoms with Crippen molar-refractivity contribution in [3.05, 3.63) is 65.2 Å². The number of carbonyl (C=O) groups excluding carboxylic acids is 1. The van der Waals surface area contributed by atoms with E-state index in [0.717, 1.165) is 0 Å². The Morgan fingerprint density at radius 3 is 2.40 bits per heavy atom. The first-order chi connectivity index (χ1) is 9.72. The number of halogens is 1. The number of rotatable bonds is 5. The number of carbonyl (C=O) groups is 1. The molecule has 0 heterocycles. The van der Waals surface area contributed by atoms with Crippen molar-refractivity contribution in [2.75, 3.05) is 6.61 Å². The minimum absolute atomic E-state index is 0.290. The second-order valence-corrected chi connectivity index (χ2v) is 4.49. The standard InChI is InChI=1S/C16H15ClO3/c1-2-19-16(18)15(13-10-6-7-11-14(13)17)20-12-8-4-3-5-9-12/h3-11,15H,2H2,1H3/t15-/m0/s1. The summed E-state index contributed by atoms with van der Waals surface area (Å²) in [6.07, 6.45) is -0.869. The zero-order valence-corrected chi connectivity index (χ0v) is 11.8. The smallest absolute Gasteiger partial charge is 0.352 e. The molecule has 104 valence electrons. The van der Waals surface area contributed by atoms with Crippen LogP contribution in [0.5, 0.6) is 5.75 Å². The minimum Gasteiger partial charge on any atom is -0.474 e. The van der Waals surface area contributed by atoms with E-state index in [2.05, 4.69) is 0 Å². The van der Waals surface area contributed by atoms with Crippen molar-refractivity contribution in [2.24, 2.45) is 0 Å². The van der Waals surface area contributed by atoms with Gasteiger partial charge in [-0.1, -0.05) is 48.0 Å². The molecular weight excluding hydrogens is 276 g/mol. The average Bonchev–Trinajstić information content (AvgIpc) is 2.47. The van der Waals surface area contributed by atoms with Crippen LogP contribution in [0.3, 0.4) is 0 Å². The molecule has 2 rings (SSSR count). The topological polar surface area (TPSA) is 35.5 Å². The van der Waals surface area contributed by atoms with E-state index < -0.39 is 12.1 Å². The fraction of sp³-hybridized carbons (Fsp3) is 0.188. The molecule has 0 aliphatic rings. The van der Waals surface area contributed by atoms with Gasteiger partial charge in [-0.25, -0.2) is 4.79 Å². The van der Waals surface area contributed by atoms with E-state index in [0.29, 0.717) is 16.3 Å². The van der Waals surface area contributed by atoms with E-state index in [9.17, 15) is 4.79 Å². The van der Waals surface area contributed by atoms with Crippen molar-refractivity contribution in [1.29, 1.82) is 0 Å². The fourth-order valence-electron chi connectivity index (χ4n) is 1.78. The molecule has 0 aliphatic heterocycles. The highest BCUT2D eigenvalue weighted by Gasteiger charge is 2.26. The molecule has 4 heteroatoms. The van der Waals surface area contributed by atoms with Gasteiger partial charge >= 0.3 is 5.97 Å². The van der Waals surface area contributed by atoms with Crippen LogP contribution in [0.15, 0.2) is 54.6 Å². The van der Waals surface area contributed by atoms with Gasteiger partial charge in [0.2, 0.25) is 6.10 Å². The lowest BCUT2D eigenvalue weighted by atomic mass is 10.1. The molecule has 2 aromatic rings. The monoisotopic (exact) mass is 290 g/mol. The summed E-state index contributed by atoms with van der Waals surface area (Å²) < 4.78 is 10.8. The Labute approximate surface area is 123 Å². The summed E-state index contributed by atoms with van der Waals surface area (Å²) in [5.74, 6) is 0.134. The largest absolute Gasteiger partial charge is 0.474 e. The van der Waals surface area contributed by atoms with Crippen LogP contribution in [0, 0.1) is 0 Å². The zero-order chi connectivity index (χ0) is 14.4. The molecule has 0 saturated heterocycles. The molecule has 0 N–H and O–H groups in total. The molecule has 3 nitrogen and oxygen atoms in total. The van der Waals surface area contributed by atoms with Crippen LogP contribution in [0.4, 0.5) is 0 Å². The number of para-hydroxylation sites is 1. The van der Waals surface area contributed by atoms with Crippen molar-refractivity contribution in [2.45, 2.75) is 13.0 Å². The lowest BCUT2D eigenvalue weighted by Crippen LogP contribution is -2.21. The molecule has 1 atom stereocenters. The van der Waals surface area contributed by atoms with Gasteiger partial charge in [0.15, 0.2) is 0 Å². The zero-order valence-electron chi connectivity index (χ0n) is 11.1. The SMILES string of the molecule is CCOC(=O)[C@@H](Oc1ccccc1)c1ccccc1Cl. The van der Waals surface area contributed by atoms with Crippen molar-refractivity contribution in [1.82, 2.24) is 0 Å². The van der Waals surface area contributed by atoms with Gasteiger partial charge in [-0.3, -0.25) is 0 Å². The summed E-state index contributed by atoms with van der Waals surface area (Å²) in [5.41, 5.74) is 0.594. The van der Waals surface area contributed by atoms with Crippen molar-refractivity contribution in [3.8, 4) is 5.75 Å². The van der Waals surface area contributed by atoms with E-state index in [-0.39, 0.29) is 6.61 Å². The first-order valence-electron chi connectivity index (χ1n) is 6.35. The Balaban J connectivity index is 2.30. The maximum Gasteiger partial charge on any atom is 0.352 e. The lowest BCUT2D eigenvalue weighted by molar-refractivity contribution is -0.151. The number of hydrogen-bond acceptors (Lipinski definition) is 3. The normalized spacial score (nSPS) is 11.7. The molecule has 0 saturated carbocycles. The summed E-state index contributed by atoms with van der Waals surface area (Å²) in [4.78, 5) is 12.1. The van der Waals surface area contributed by atoms with Crippen molar-refractivity contribution >= 4 is 17.6 Å². The maximum absolute atomic E-state index is 12.1. The van der Waals surface area contributed by atoms with E-state index in [1.165, 1.54) is 0 Å². The van der Waals surface area contributed by atoms with E-state index in [1.807, 2.05) is 24.3 Å². The molecule has 20 heavy (non-hydrogen) atoms. The highest BCUT2D eigenvalue weighted by Crippen LogP contribution is 2.28. The minimum atomic E-state index is -0.869. The molecule has 0 unspecified atom stereocenters. The van der Waals surface area contributed by atoms with Gasteiger partial charge in [-0.05, 0) is 25.1 Å². The predicted octanol–water partition coefficient (Wildman–Crippen LogP) is 4.02. The quantitative estimate of drug-likeness (QED) is 0.780. The Bertz CT molecular complexity index is 569. The fourth-order valence-corrected chi connectivity index (χ4v) is 2.01. The molecule has 0 fully saturated rings. The van der Waals surface area contributed by atoms with Gasteiger partial charge in [0.05, 0.1) is 6.61 Å². The molecular formula is C16H15ClO3. The van der Waals surface area contributed by atoms with Crippen LogP contribution in [-0.2, 0) is 9.53 Å². The van der Waals surface area contributed by atoms with Crippen LogP contribution >= 0.6 is 11.6 Å². The first kappa shape index (κ1) is 14.4. The van der Waals surface area contributed by atoms with Gasteiger partial charge in [0.25, 0.3) is 0 Å². The molecule has 0 bridgehead atoms. The van der Waals surface area contributed by atoms with E-state index in [1.54, 1.807) is 37.3 Å². The second-order valence-electron chi connectivity index (χ2n) is 4.08. The second kappa shape index (κ2) is 6.96. The summed E-state index contributed by atoms with van der Waals surface area (Å²) >= 11 is 6.14. The number of esters is 1. The third-order valence-electron chi connectivity index (χ3n) is 2.69. The number of hydrogen-bond donors (Lipinski definition) is 0. The number of benzene rings is 2. The van der Waals surface area contributed by atoms with Crippen molar-refractivity contribution < 1.29 is 14.3 Å². The summed E-state index contributed by atoms with van der Waals surface area (Å²) in [6.45, 7) is 2.04. The van der Waals surface area contributed by atoms with Gasteiger partial charge in [-0.15, -0.1) is 0 Å². The van der Waals surface area contributed by atoms with Crippen LogP contribution in [0.2, 0.25) is 5.02 Å². The molecule has 0 radical (unpaired) electrons. The predicted molar refractivity (Wildman–Crippen MR) is 77.9 cm³/mol. The Morgan fingerprint density at radius 1 is 1.10 bits per heavy atom. The average molecular weight is 291 g/mol. The summed E-state index contributed by atoms with van der Waals surface area (Å²) in [6, 6.07) is 16.2. The van der Waals surface area contributed by atoms with Gasteiger partial charge in [0, 0.05) is 10.6 Å². The van der Waals surface area contributed by atoms with Crippen molar-refractivity contribution in [3.63, 3.8) is 0 Å². The third kappa shape index (κ3) is 3.52. The van der Waals surface area contributed by atoms with Gasteiger partial charge in [-0.2, -0.15) is 0 Å². The van der Waals surface area contributed by atoms with Crippen LogP contribution in [0.1, 0.15) is 18.6 Å². The number of ether oxygens (including phenoxy) is 2. The summed E-state index contributed by atoms with van der Waals surface area (Å²) in [5, 5.41) is 0.474. The highest BCUT2D eigenvalue weighted by atomic mass is 35.5. The van der Waals surface area contributed by atoms with Crippen LogP contribution in [-0.4, -0.2) is 12.6 Å². The Kier molecular flexibility index (Phi) is 5.02. The van der Waals surface area contributed by atoms with E-state index >= 15 is 0 Å². The Hall–Kier alpha value is -2.00. The van der Waals surface area contributed by atoms with Crippen LogP contribution < -0.4 is 4.74 Å². The van der Waals surface area contributed by atoms with Crippen LogP contribution in [0.25, 0.3) is 0 Å². The van der Waals surface area contributed by atoms with E-state index in [4.69, 9.17) is 21.1 Å². The highest BCUT2D eigenvalue weighted by molar-refractivity contribution is 6.31. The molecule has 2 aromatic carbocycles. The van der Waals surface area contributed by atoms with Gasteiger partial charge in [0.1, 0.15) is 5.75 Å². The molecule has 0 aromatic heterocycles. The lowest BCUT2D eigenvalue weighted by Gasteiger charge is -2.19. The molecule has 0 amide bonds. The summed E-state index contributed by atoms with van der Waals surface area (Å²) in [7, 11) is 0. The maximum atomic E-state index is 12.1. The Morgan fingerprint density at radius 2 is 1.75 bits per heavy atom. The first-order valence-corrected chi connectivity index (χ1v) is 6.73. The molecule has 0 aliphatic carbocycles. The van der Waals surface area contributed by atoms with Gasteiger partial charge < -0.3 is 9.47 Å². The third-order valence-corrected chi connectivity index (χ3v) is 3.03. The molecule has 0 spiro atoms.